The molecule has 0 spiro atoms. The van der Waals surface area contributed by atoms with Crippen molar-refractivity contribution in [3.63, 3.8) is 0 Å². The fraction of sp³-hybridized carbons (Fsp3) is 0.960. The van der Waals surface area contributed by atoms with Gasteiger partial charge in [-0.2, -0.15) is 0 Å². The van der Waals surface area contributed by atoms with Crippen molar-refractivity contribution in [3.05, 3.63) is 0 Å². The molecule has 1 amide bonds. The zero-order chi connectivity index (χ0) is 23.7. The summed E-state index contributed by atoms with van der Waals surface area (Å²) in [5, 5.41) is 23.8. The molecule has 2 rings (SSSR count). The number of nitrogens with one attached hydrogen (secondary N) is 1. The smallest absolute Gasteiger partial charge is 0.223 e. The second-order valence-corrected chi connectivity index (χ2v) is 9.93. The van der Waals surface area contributed by atoms with Crippen LogP contribution in [-0.2, 0) is 14.3 Å². The maximum absolute atomic E-state index is 12.6. The number of nitrogens with two attached hydrogens (primary N) is 1. The van der Waals surface area contributed by atoms with E-state index in [1.54, 1.807) is 6.92 Å². The summed E-state index contributed by atoms with van der Waals surface area (Å²) in [6.45, 7) is 8.96. The molecule has 7 nitrogen and oxygen atoms in total. The van der Waals surface area contributed by atoms with Crippen molar-refractivity contribution in [1.82, 2.24) is 5.32 Å². The molecule has 5 N–H and O–H groups in total. The SMILES string of the molecule is CC[C@H]1CCC[C@@H](CC)C(=O)NCCC[C@@H](CC)[C@@H](O[C@@H]2O[C@H](C)[C@@H](O)[C@@H](N)[C@@H]2O)CC1. The Labute approximate surface area is 194 Å². The van der Waals surface area contributed by atoms with E-state index in [4.69, 9.17) is 15.2 Å². The van der Waals surface area contributed by atoms with Gasteiger partial charge in [0.2, 0.25) is 5.91 Å². The lowest BCUT2D eigenvalue weighted by molar-refractivity contribution is -0.286. The normalized spacial score (nSPS) is 41.0. The van der Waals surface area contributed by atoms with Gasteiger partial charge in [0.05, 0.1) is 24.4 Å². The maximum atomic E-state index is 12.6. The maximum Gasteiger partial charge on any atom is 0.223 e. The van der Waals surface area contributed by atoms with Gasteiger partial charge in [0.1, 0.15) is 6.10 Å². The van der Waals surface area contributed by atoms with Crippen LogP contribution in [-0.4, -0.2) is 59.4 Å². The number of ether oxygens (including phenoxy) is 2. The summed E-state index contributed by atoms with van der Waals surface area (Å²) in [6, 6.07) is -0.785. The van der Waals surface area contributed by atoms with Crippen LogP contribution in [0, 0.1) is 17.8 Å². The van der Waals surface area contributed by atoms with Gasteiger partial charge in [0.25, 0.3) is 0 Å². The Morgan fingerprint density at radius 3 is 2.41 bits per heavy atom. The molecule has 0 aromatic heterocycles. The van der Waals surface area contributed by atoms with Gasteiger partial charge in [0, 0.05) is 12.5 Å². The Balaban J connectivity index is 2.11. The molecule has 188 valence electrons. The molecule has 2 heterocycles. The molecule has 32 heavy (non-hydrogen) atoms. The highest BCUT2D eigenvalue weighted by atomic mass is 16.7. The number of aliphatic hydroxyl groups is 2. The molecular weight excluding hydrogens is 408 g/mol. The van der Waals surface area contributed by atoms with Gasteiger partial charge in [-0.25, -0.2) is 0 Å². The van der Waals surface area contributed by atoms with Crippen molar-refractivity contribution >= 4 is 5.91 Å². The average molecular weight is 457 g/mol. The predicted molar refractivity (Wildman–Crippen MR) is 126 cm³/mol. The number of aliphatic hydroxyl groups excluding tert-OH is 2. The second-order valence-electron chi connectivity index (χ2n) is 9.93. The Morgan fingerprint density at radius 1 is 1.00 bits per heavy atom. The molecule has 2 saturated heterocycles. The lowest BCUT2D eigenvalue weighted by Gasteiger charge is -2.42. The lowest BCUT2D eigenvalue weighted by Crippen LogP contribution is -2.61. The van der Waals surface area contributed by atoms with Crippen LogP contribution in [0.15, 0.2) is 0 Å². The predicted octanol–water partition coefficient (Wildman–Crippen LogP) is 3.10. The largest absolute Gasteiger partial charge is 0.389 e. The fourth-order valence-electron chi connectivity index (χ4n) is 5.27. The molecule has 2 fully saturated rings. The van der Waals surface area contributed by atoms with Crippen molar-refractivity contribution in [1.29, 1.82) is 0 Å². The number of hydrogen-bond donors (Lipinski definition) is 4. The number of hydrogen-bond acceptors (Lipinski definition) is 6. The monoisotopic (exact) mass is 456 g/mol. The molecule has 9 atom stereocenters. The first-order valence-electron chi connectivity index (χ1n) is 13.0. The summed E-state index contributed by atoms with van der Waals surface area (Å²) >= 11 is 0. The van der Waals surface area contributed by atoms with E-state index in [9.17, 15) is 15.0 Å². The van der Waals surface area contributed by atoms with E-state index < -0.39 is 30.6 Å². The third-order valence-corrected chi connectivity index (χ3v) is 7.77. The van der Waals surface area contributed by atoms with Crippen LogP contribution in [0.1, 0.15) is 91.9 Å². The van der Waals surface area contributed by atoms with E-state index >= 15 is 0 Å². The summed E-state index contributed by atoms with van der Waals surface area (Å²) in [5.74, 6) is 1.23. The Kier molecular flexibility index (Phi) is 11.9. The second kappa shape index (κ2) is 13.9. The third-order valence-electron chi connectivity index (χ3n) is 7.77. The highest BCUT2D eigenvalue weighted by molar-refractivity contribution is 5.78. The van der Waals surface area contributed by atoms with Crippen LogP contribution >= 0.6 is 0 Å². The van der Waals surface area contributed by atoms with E-state index in [0.717, 1.165) is 64.2 Å². The number of carbonyl (C=O) groups is 1. The fourth-order valence-corrected chi connectivity index (χ4v) is 5.27. The van der Waals surface area contributed by atoms with Gasteiger partial charge >= 0.3 is 0 Å². The molecule has 0 bridgehead atoms. The number of rotatable bonds is 5. The first-order chi connectivity index (χ1) is 15.3. The topological polar surface area (TPSA) is 114 Å². The molecule has 0 saturated carbocycles. The van der Waals surface area contributed by atoms with E-state index in [-0.39, 0.29) is 17.9 Å². The van der Waals surface area contributed by atoms with Gasteiger partial charge in [-0.05, 0) is 57.3 Å². The summed E-state index contributed by atoms with van der Waals surface area (Å²) in [4.78, 5) is 12.6. The Hall–Kier alpha value is -0.730. The van der Waals surface area contributed by atoms with Crippen molar-refractivity contribution in [2.24, 2.45) is 23.5 Å². The van der Waals surface area contributed by atoms with Crippen LogP contribution < -0.4 is 11.1 Å². The third kappa shape index (κ3) is 7.66. The van der Waals surface area contributed by atoms with E-state index in [0.29, 0.717) is 18.4 Å². The first-order valence-corrected chi connectivity index (χ1v) is 13.0. The highest BCUT2D eigenvalue weighted by Gasteiger charge is 2.42. The summed E-state index contributed by atoms with van der Waals surface area (Å²) in [6.07, 6.45) is 6.63. The zero-order valence-corrected chi connectivity index (χ0v) is 20.7. The van der Waals surface area contributed by atoms with Crippen molar-refractivity contribution in [2.45, 2.75) is 129 Å². The molecule has 0 aromatic rings. The van der Waals surface area contributed by atoms with E-state index in [2.05, 4.69) is 26.1 Å². The van der Waals surface area contributed by atoms with Crippen LogP contribution in [0.25, 0.3) is 0 Å². The number of carbonyl (C=O) groups excluding carboxylic acids is 1. The average Bonchev–Trinajstić information content (AvgIpc) is 2.79. The molecule has 2 aliphatic heterocycles. The van der Waals surface area contributed by atoms with Gasteiger partial charge < -0.3 is 30.7 Å². The van der Waals surface area contributed by atoms with Crippen LogP contribution in [0.2, 0.25) is 0 Å². The molecule has 0 aliphatic carbocycles. The van der Waals surface area contributed by atoms with Crippen LogP contribution in [0.3, 0.4) is 0 Å². The van der Waals surface area contributed by atoms with Crippen molar-refractivity contribution < 1.29 is 24.5 Å². The van der Waals surface area contributed by atoms with Crippen LogP contribution in [0.4, 0.5) is 0 Å². The van der Waals surface area contributed by atoms with Crippen LogP contribution in [0.5, 0.6) is 0 Å². The molecule has 2 aliphatic rings. The van der Waals surface area contributed by atoms with Crippen molar-refractivity contribution in [2.75, 3.05) is 6.54 Å². The van der Waals surface area contributed by atoms with Gasteiger partial charge in [-0.15, -0.1) is 0 Å². The van der Waals surface area contributed by atoms with E-state index in [1.165, 1.54) is 0 Å². The first kappa shape index (κ1) is 27.5. The standard InChI is InChI=1S/C25H48N2O5/c1-5-17-10-8-11-19(7-3)24(30)27-15-9-12-18(6-2)20(14-13-17)32-25-23(29)21(26)22(28)16(4)31-25/h16-23,25,28-29H,5-15,26H2,1-4H3,(H,27,30)/t16-,17+,18-,19-,20+,21-,22-,23+,25+/m1/s1. The Bertz CT molecular complexity index is 548. The zero-order valence-electron chi connectivity index (χ0n) is 20.7. The van der Waals surface area contributed by atoms with E-state index in [1.807, 2.05) is 0 Å². The molecule has 0 radical (unpaired) electrons. The Morgan fingerprint density at radius 2 is 1.75 bits per heavy atom. The molecule has 0 unspecified atom stereocenters. The molecule has 0 aromatic carbocycles. The van der Waals surface area contributed by atoms with Gasteiger partial charge in [-0.1, -0.05) is 46.5 Å². The minimum absolute atomic E-state index is 0.0506. The minimum Gasteiger partial charge on any atom is -0.389 e. The van der Waals surface area contributed by atoms with Gasteiger partial charge in [-0.3, -0.25) is 4.79 Å². The summed E-state index contributed by atoms with van der Waals surface area (Å²) in [5.41, 5.74) is 6.03. The summed E-state index contributed by atoms with van der Waals surface area (Å²) in [7, 11) is 0. The summed E-state index contributed by atoms with van der Waals surface area (Å²) < 4.78 is 12.2. The lowest BCUT2D eigenvalue weighted by atomic mass is 9.85. The van der Waals surface area contributed by atoms with Gasteiger partial charge in [0.15, 0.2) is 6.29 Å². The minimum atomic E-state index is -1.06. The number of amides is 1. The van der Waals surface area contributed by atoms with Crippen molar-refractivity contribution in [3.8, 4) is 0 Å². The molecule has 7 heteroatoms. The highest BCUT2D eigenvalue weighted by Crippen LogP contribution is 2.31. The molecular formula is C25H48N2O5. The quantitative estimate of drug-likeness (QED) is 0.505.